The van der Waals surface area contributed by atoms with Gasteiger partial charge in [0.15, 0.2) is 0 Å². The molecule has 0 aromatic heterocycles. The lowest BCUT2D eigenvalue weighted by Gasteiger charge is -2.59. The van der Waals surface area contributed by atoms with Gasteiger partial charge in [-0.1, -0.05) is 61.3 Å². The van der Waals surface area contributed by atoms with Gasteiger partial charge in [-0.25, -0.2) is 0 Å². The molecule has 20 heavy (non-hydrogen) atoms. The van der Waals surface area contributed by atoms with E-state index in [1.165, 1.54) is 38.5 Å². The SMILES string of the molecule is CC1CCC(C)C(C)(C)C1.CC1CCC2CC1C2(C)C. The largest absolute Gasteiger partial charge is 0.0625 e. The third kappa shape index (κ3) is 3.09. The van der Waals surface area contributed by atoms with Crippen molar-refractivity contribution in [1.82, 2.24) is 0 Å². The first kappa shape index (κ1) is 16.4. The van der Waals surface area contributed by atoms with E-state index in [9.17, 15) is 0 Å². The normalized spacial score (nSPS) is 44.9. The van der Waals surface area contributed by atoms with Crippen molar-refractivity contribution in [2.24, 2.45) is 40.4 Å². The fraction of sp³-hybridized carbons (Fsp3) is 1.00. The van der Waals surface area contributed by atoms with Crippen LogP contribution in [0.2, 0.25) is 0 Å². The Morgan fingerprint density at radius 1 is 0.800 bits per heavy atom. The predicted octanol–water partition coefficient (Wildman–Crippen LogP) is 6.55. The molecule has 5 unspecified atom stereocenters. The topological polar surface area (TPSA) is 0 Å². The Balaban J connectivity index is 0.000000147. The molecule has 5 atom stereocenters. The van der Waals surface area contributed by atoms with Gasteiger partial charge in [0.25, 0.3) is 0 Å². The smallest absolute Gasteiger partial charge is 0.0295 e. The van der Waals surface area contributed by atoms with Crippen molar-refractivity contribution in [3.63, 3.8) is 0 Å². The Morgan fingerprint density at radius 3 is 1.80 bits per heavy atom. The van der Waals surface area contributed by atoms with Crippen molar-refractivity contribution in [1.29, 1.82) is 0 Å². The van der Waals surface area contributed by atoms with Crippen molar-refractivity contribution in [2.45, 2.75) is 87.0 Å². The van der Waals surface area contributed by atoms with Crippen LogP contribution in [0.15, 0.2) is 0 Å². The third-order valence-corrected chi connectivity index (χ3v) is 7.50. The second-order valence-corrected chi connectivity index (χ2v) is 9.69. The quantitative estimate of drug-likeness (QED) is 0.471. The first-order valence-corrected chi connectivity index (χ1v) is 9.14. The minimum Gasteiger partial charge on any atom is -0.0625 e. The number of rotatable bonds is 0. The Bertz CT molecular complexity index is 312. The van der Waals surface area contributed by atoms with Gasteiger partial charge >= 0.3 is 0 Å². The molecule has 0 heteroatoms. The fourth-order valence-corrected chi connectivity index (χ4v) is 5.30. The molecular formula is C20H38. The van der Waals surface area contributed by atoms with Gasteiger partial charge in [0.1, 0.15) is 0 Å². The Kier molecular flexibility index (Phi) is 4.63. The summed E-state index contributed by atoms with van der Waals surface area (Å²) in [6, 6.07) is 0. The summed E-state index contributed by atoms with van der Waals surface area (Å²) in [6.07, 6.45) is 8.85. The van der Waals surface area contributed by atoms with E-state index in [0.29, 0.717) is 10.8 Å². The average molecular weight is 279 g/mol. The van der Waals surface area contributed by atoms with Gasteiger partial charge in [0.2, 0.25) is 0 Å². The van der Waals surface area contributed by atoms with E-state index < -0.39 is 0 Å². The van der Waals surface area contributed by atoms with Gasteiger partial charge in [0, 0.05) is 0 Å². The average Bonchev–Trinajstić information content (AvgIpc) is 2.34. The molecule has 0 saturated heterocycles. The minimum absolute atomic E-state index is 0.609. The molecule has 0 heterocycles. The van der Waals surface area contributed by atoms with E-state index >= 15 is 0 Å². The molecular weight excluding hydrogens is 240 g/mol. The van der Waals surface area contributed by atoms with Crippen molar-refractivity contribution < 1.29 is 0 Å². The molecule has 4 aliphatic carbocycles. The zero-order valence-corrected chi connectivity index (χ0v) is 15.1. The molecule has 4 rings (SSSR count). The fourth-order valence-electron chi connectivity index (χ4n) is 5.30. The van der Waals surface area contributed by atoms with Gasteiger partial charge in [-0.05, 0) is 66.1 Å². The van der Waals surface area contributed by atoms with E-state index in [2.05, 4.69) is 48.5 Å². The maximum absolute atomic E-state index is 2.46. The molecule has 0 aromatic carbocycles. The van der Waals surface area contributed by atoms with Gasteiger partial charge in [-0.2, -0.15) is 0 Å². The second kappa shape index (κ2) is 5.65. The highest BCUT2D eigenvalue weighted by molar-refractivity contribution is 5.01. The van der Waals surface area contributed by atoms with Gasteiger partial charge < -0.3 is 0 Å². The molecule has 0 N–H and O–H groups in total. The minimum atomic E-state index is 0.609. The van der Waals surface area contributed by atoms with Crippen molar-refractivity contribution in [3.05, 3.63) is 0 Å². The maximum Gasteiger partial charge on any atom is -0.0295 e. The van der Waals surface area contributed by atoms with Crippen molar-refractivity contribution in [3.8, 4) is 0 Å². The van der Waals surface area contributed by atoms with Crippen molar-refractivity contribution in [2.75, 3.05) is 0 Å². The Morgan fingerprint density at radius 2 is 1.45 bits per heavy atom. The van der Waals surface area contributed by atoms with Crippen LogP contribution in [0.1, 0.15) is 87.0 Å². The lowest BCUT2D eigenvalue weighted by atomic mass is 9.46. The van der Waals surface area contributed by atoms with Crippen LogP contribution in [0.4, 0.5) is 0 Å². The predicted molar refractivity (Wildman–Crippen MR) is 89.7 cm³/mol. The Hall–Kier alpha value is 0. The summed E-state index contributed by atoms with van der Waals surface area (Å²) in [4.78, 5) is 0. The third-order valence-electron chi connectivity index (χ3n) is 7.50. The van der Waals surface area contributed by atoms with Crippen LogP contribution in [0, 0.1) is 40.4 Å². The summed E-state index contributed by atoms with van der Waals surface area (Å²) < 4.78 is 0. The molecule has 4 aliphatic rings. The summed E-state index contributed by atoms with van der Waals surface area (Å²) in [5.41, 5.74) is 1.31. The molecule has 0 nitrogen and oxygen atoms in total. The Labute approximate surface area is 128 Å². The van der Waals surface area contributed by atoms with E-state index in [1.807, 2.05) is 0 Å². The standard InChI is InChI=1S/C10H18.C10H20/c1-7-4-5-8-6-9(7)10(8,2)3;1-8-5-6-9(2)10(3,4)7-8/h7-9H,4-6H2,1-3H3;8-9H,5-7H2,1-4H3. The van der Waals surface area contributed by atoms with E-state index in [4.69, 9.17) is 0 Å². The van der Waals surface area contributed by atoms with Gasteiger partial charge in [-0.3, -0.25) is 0 Å². The molecule has 4 fully saturated rings. The highest BCUT2D eigenvalue weighted by Crippen LogP contribution is 2.61. The molecule has 0 aliphatic heterocycles. The lowest BCUT2D eigenvalue weighted by Crippen LogP contribution is -2.51. The van der Waals surface area contributed by atoms with Crippen LogP contribution in [0.5, 0.6) is 0 Å². The van der Waals surface area contributed by atoms with Gasteiger partial charge in [-0.15, -0.1) is 0 Å². The highest BCUT2D eigenvalue weighted by atomic mass is 14.6. The monoisotopic (exact) mass is 278 g/mol. The van der Waals surface area contributed by atoms with Crippen LogP contribution in [-0.2, 0) is 0 Å². The highest BCUT2D eigenvalue weighted by Gasteiger charge is 2.52. The zero-order chi connectivity index (χ0) is 15.1. The summed E-state index contributed by atoms with van der Waals surface area (Å²) in [7, 11) is 0. The van der Waals surface area contributed by atoms with Crippen LogP contribution in [-0.4, -0.2) is 0 Å². The second-order valence-electron chi connectivity index (χ2n) is 9.69. The van der Waals surface area contributed by atoms with Crippen LogP contribution < -0.4 is 0 Å². The first-order chi connectivity index (χ1) is 9.14. The number of fused-ring (bicyclic) bond motifs is 2. The number of hydrogen-bond donors (Lipinski definition) is 0. The van der Waals surface area contributed by atoms with Crippen LogP contribution in [0.25, 0.3) is 0 Å². The lowest BCUT2D eigenvalue weighted by molar-refractivity contribution is -0.0988. The van der Waals surface area contributed by atoms with E-state index in [0.717, 1.165) is 29.6 Å². The summed E-state index contributed by atoms with van der Waals surface area (Å²) in [5, 5.41) is 0. The number of hydrogen-bond acceptors (Lipinski definition) is 0. The first-order valence-electron chi connectivity index (χ1n) is 9.14. The van der Waals surface area contributed by atoms with Gasteiger partial charge in [0.05, 0.1) is 0 Å². The maximum atomic E-state index is 2.46. The molecule has 0 amide bonds. The molecule has 0 spiro atoms. The molecule has 4 saturated carbocycles. The summed E-state index contributed by atoms with van der Waals surface area (Å²) >= 11 is 0. The summed E-state index contributed by atoms with van der Waals surface area (Å²) in [5.74, 6) is 5.05. The van der Waals surface area contributed by atoms with E-state index in [1.54, 1.807) is 0 Å². The zero-order valence-electron chi connectivity index (χ0n) is 15.1. The molecule has 0 radical (unpaired) electrons. The van der Waals surface area contributed by atoms with Crippen molar-refractivity contribution >= 4 is 0 Å². The molecule has 0 aromatic rings. The molecule has 2 bridgehead atoms. The molecule has 118 valence electrons. The van der Waals surface area contributed by atoms with Crippen LogP contribution in [0.3, 0.4) is 0 Å². The van der Waals surface area contributed by atoms with E-state index in [-0.39, 0.29) is 0 Å². The summed E-state index contributed by atoms with van der Waals surface area (Å²) in [6.45, 7) is 16.9. The van der Waals surface area contributed by atoms with Crippen LogP contribution >= 0.6 is 0 Å².